The second-order valence-corrected chi connectivity index (χ2v) is 9.88. The lowest BCUT2D eigenvalue weighted by Crippen LogP contribution is -2.46. The summed E-state index contributed by atoms with van der Waals surface area (Å²) in [6.07, 6.45) is 5.60. The maximum Gasteiger partial charge on any atom is 0.257 e. The highest BCUT2D eigenvalue weighted by Crippen LogP contribution is 2.28. The first-order valence-electron chi connectivity index (χ1n) is 11.3. The maximum absolute atomic E-state index is 13.3. The van der Waals surface area contributed by atoms with Gasteiger partial charge < -0.3 is 14.6 Å². The molecule has 1 aliphatic rings. The summed E-state index contributed by atoms with van der Waals surface area (Å²) in [5, 5.41) is 5.31. The van der Waals surface area contributed by atoms with Gasteiger partial charge in [0.15, 0.2) is 0 Å². The molecule has 1 aliphatic heterocycles. The Hall–Kier alpha value is -2.86. The van der Waals surface area contributed by atoms with Gasteiger partial charge >= 0.3 is 0 Å². The second kappa shape index (κ2) is 10.2. The lowest BCUT2D eigenvalue weighted by Gasteiger charge is -2.32. The van der Waals surface area contributed by atoms with E-state index in [1.165, 1.54) is 18.1 Å². The normalized spacial score (nSPS) is 17.3. The molecule has 0 aliphatic carbocycles. The number of carbonyl (C=O) groups excluding carboxylic acids is 2. The van der Waals surface area contributed by atoms with Crippen molar-refractivity contribution in [3.05, 3.63) is 81.9 Å². The predicted molar refractivity (Wildman–Crippen MR) is 127 cm³/mol. The SMILES string of the molecule is CC(C)Cc1ccc(C(NC(=O)C2CCCN(C(=O)c3ccoc3)C2)c2cccs2)cc1. The van der Waals surface area contributed by atoms with E-state index in [1.807, 2.05) is 11.4 Å². The van der Waals surface area contributed by atoms with Gasteiger partial charge in [-0.2, -0.15) is 0 Å². The number of hydrogen-bond donors (Lipinski definition) is 1. The summed E-state index contributed by atoms with van der Waals surface area (Å²) in [6, 6.07) is 14.1. The third kappa shape index (κ3) is 5.30. The van der Waals surface area contributed by atoms with Crippen molar-refractivity contribution in [3.8, 4) is 0 Å². The second-order valence-electron chi connectivity index (χ2n) is 8.90. The van der Waals surface area contributed by atoms with Gasteiger partial charge in [0, 0.05) is 18.0 Å². The summed E-state index contributed by atoms with van der Waals surface area (Å²) >= 11 is 1.64. The maximum atomic E-state index is 13.3. The van der Waals surface area contributed by atoms with Gasteiger partial charge in [-0.15, -0.1) is 11.3 Å². The van der Waals surface area contributed by atoms with Crippen LogP contribution in [0.2, 0.25) is 0 Å². The zero-order chi connectivity index (χ0) is 22.5. The Morgan fingerprint density at radius 1 is 1.19 bits per heavy atom. The lowest BCUT2D eigenvalue weighted by molar-refractivity contribution is -0.126. The van der Waals surface area contributed by atoms with E-state index < -0.39 is 0 Å². The molecule has 168 valence electrons. The fourth-order valence-electron chi connectivity index (χ4n) is 4.30. The first kappa shape index (κ1) is 22.3. The van der Waals surface area contributed by atoms with Crippen molar-refractivity contribution in [2.24, 2.45) is 11.8 Å². The number of carbonyl (C=O) groups is 2. The average molecular weight is 451 g/mol. The molecule has 0 bridgehead atoms. The van der Waals surface area contributed by atoms with Crippen molar-refractivity contribution in [3.63, 3.8) is 0 Å². The van der Waals surface area contributed by atoms with Crippen molar-refractivity contribution >= 4 is 23.2 Å². The smallest absolute Gasteiger partial charge is 0.257 e. The molecule has 0 radical (unpaired) electrons. The summed E-state index contributed by atoms with van der Waals surface area (Å²) in [5.74, 6) is 0.307. The van der Waals surface area contributed by atoms with Crippen LogP contribution in [0, 0.1) is 11.8 Å². The van der Waals surface area contributed by atoms with Crippen LogP contribution in [0.25, 0.3) is 0 Å². The Morgan fingerprint density at radius 2 is 2.00 bits per heavy atom. The van der Waals surface area contributed by atoms with Crippen molar-refractivity contribution in [1.82, 2.24) is 10.2 Å². The minimum Gasteiger partial charge on any atom is -0.472 e. The number of furan rings is 1. The Morgan fingerprint density at radius 3 is 2.66 bits per heavy atom. The number of likely N-dealkylation sites (tertiary alicyclic amines) is 1. The van der Waals surface area contributed by atoms with Crippen molar-refractivity contribution in [2.75, 3.05) is 13.1 Å². The quantitative estimate of drug-likeness (QED) is 0.531. The van der Waals surface area contributed by atoms with E-state index in [0.717, 1.165) is 29.7 Å². The zero-order valence-electron chi connectivity index (χ0n) is 18.6. The van der Waals surface area contributed by atoms with Crippen LogP contribution in [-0.2, 0) is 11.2 Å². The largest absolute Gasteiger partial charge is 0.472 e. The monoisotopic (exact) mass is 450 g/mol. The molecule has 0 spiro atoms. The molecule has 5 nitrogen and oxygen atoms in total. The number of benzene rings is 1. The highest BCUT2D eigenvalue weighted by Gasteiger charge is 2.31. The van der Waals surface area contributed by atoms with E-state index in [9.17, 15) is 9.59 Å². The molecule has 1 saturated heterocycles. The summed E-state index contributed by atoms with van der Waals surface area (Å²) in [6.45, 7) is 5.53. The summed E-state index contributed by atoms with van der Waals surface area (Å²) in [4.78, 5) is 28.9. The third-order valence-electron chi connectivity index (χ3n) is 5.92. The topological polar surface area (TPSA) is 62.6 Å². The van der Waals surface area contributed by atoms with E-state index in [2.05, 4.69) is 49.5 Å². The number of amides is 2. The molecule has 1 fully saturated rings. The van der Waals surface area contributed by atoms with Crippen LogP contribution in [-0.4, -0.2) is 29.8 Å². The van der Waals surface area contributed by atoms with Gasteiger partial charge in [0.1, 0.15) is 6.26 Å². The van der Waals surface area contributed by atoms with Gasteiger partial charge in [0.2, 0.25) is 5.91 Å². The first-order valence-corrected chi connectivity index (χ1v) is 12.1. The molecule has 1 aromatic carbocycles. The molecule has 3 heterocycles. The van der Waals surface area contributed by atoms with Crippen LogP contribution in [0.15, 0.2) is 64.8 Å². The minimum atomic E-state index is -0.220. The van der Waals surface area contributed by atoms with Crippen LogP contribution in [0.5, 0.6) is 0 Å². The number of thiophene rings is 1. The van der Waals surface area contributed by atoms with E-state index >= 15 is 0 Å². The molecule has 6 heteroatoms. The Bertz CT molecular complexity index is 1010. The molecular weight excluding hydrogens is 420 g/mol. The van der Waals surface area contributed by atoms with Crippen LogP contribution >= 0.6 is 11.3 Å². The first-order chi connectivity index (χ1) is 15.5. The van der Waals surface area contributed by atoms with Gasteiger partial charge in [-0.05, 0) is 53.8 Å². The van der Waals surface area contributed by atoms with Gasteiger partial charge in [-0.1, -0.05) is 44.2 Å². The summed E-state index contributed by atoms with van der Waals surface area (Å²) in [5.41, 5.74) is 2.92. The Labute approximate surface area is 193 Å². The van der Waals surface area contributed by atoms with Crippen LogP contribution < -0.4 is 5.32 Å². The minimum absolute atomic E-state index is 0.000601. The Balaban J connectivity index is 1.47. The molecule has 2 amide bonds. The molecule has 4 rings (SSSR count). The average Bonchev–Trinajstić information content (AvgIpc) is 3.52. The lowest BCUT2D eigenvalue weighted by atomic mass is 9.95. The molecule has 3 aromatic rings. The fraction of sp³-hybridized carbons (Fsp3) is 0.385. The number of piperidine rings is 1. The van der Waals surface area contributed by atoms with E-state index in [1.54, 1.807) is 22.3 Å². The number of hydrogen-bond acceptors (Lipinski definition) is 4. The zero-order valence-corrected chi connectivity index (χ0v) is 19.4. The molecular formula is C26H30N2O3S. The fourth-order valence-corrected chi connectivity index (χ4v) is 5.10. The number of nitrogens with zero attached hydrogens (tertiary/aromatic N) is 1. The highest BCUT2D eigenvalue weighted by atomic mass is 32.1. The number of rotatable bonds is 7. The van der Waals surface area contributed by atoms with E-state index in [-0.39, 0.29) is 23.8 Å². The van der Waals surface area contributed by atoms with E-state index in [4.69, 9.17) is 4.42 Å². The van der Waals surface area contributed by atoms with Gasteiger partial charge in [-0.3, -0.25) is 9.59 Å². The van der Waals surface area contributed by atoms with Crippen LogP contribution in [0.3, 0.4) is 0 Å². The van der Waals surface area contributed by atoms with Gasteiger partial charge in [-0.25, -0.2) is 0 Å². The highest BCUT2D eigenvalue weighted by molar-refractivity contribution is 7.10. The Kier molecular flexibility index (Phi) is 7.10. The van der Waals surface area contributed by atoms with E-state index in [0.29, 0.717) is 24.6 Å². The molecule has 2 aromatic heterocycles. The van der Waals surface area contributed by atoms with Gasteiger partial charge in [0.05, 0.1) is 23.8 Å². The summed E-state index contributed by atoms with van der Waals surface area (Å²) < 4.78 is 5.05. The third-order valence-corrected chi connectivity index (χ3v) is 6.86. The predicted octanol–water partition coefficient (Wildman–Crippen LogP) is 5.30. The molecule has 2 atom stereocenters. The van der Waals surface area contributed by atoms with Crippen molar-refractivity contribution < 1.29 is 14.0 Å². The van der Waals surface area contributed by atoms with Gasteiger partial charge in [0.25, 0.3) is 5.91 Å². The molecule has 2 unspecified atom stereocenters. The molecule has 1 N–H and O–H groups in total. The summed E-state index contributed by atoms with van der Waals surface area (Å²) in [7, 11) is 0. The number of nitrogens with one attached hydrogen (secondary N) is 1. The standard InChI is InChI=1S/C26H30N2O3S/c1-18(2)15-19-7-9-20(10-8-19)24(23-6-4-14-32-23)27-25(29)21-5-3-12-28(16-21)26(30)22-11-13-31-17-22/h4,6-11,13-14,17-18,21,24H,3,5,12,15-16H2,1-2H3,(H,27,29). The molecule has 0 saturated carbocycles. The molecule has 32 heavy (non-hydrogen) atoms. The van der Waals surface area contributed by atoms with Crippen LogP contribution in [0.4, 0.5) is 0 Å². The van der Waals surface area contributed by atoms with Crippen molar-refractivity contribution in [2.45, 2.75) is 39.2 Å². The van der Waals surface area contributed by atoms with Crippen molar-refractivity contribution in [1.29, 1.82) is 0 Å². The van der Waals surface area contributed by atoms with Crippen LogP contribution in [0.1, 0.15) is 59.1 Å².